The van der Waals surface area contributed by atoms with Crippen LogP contribution in [0.1, 0.15) is 64.7 Å². The Hall–Kier alpha value is -0.340. The summed E-state index contributed by atoms with van der Waals surface area (Å²) in [6, 6.07) is 0. The molecule has 124 valence electrons. The molecule has 0 aromatic rings. The second-order valence-electron chi connectivity index (χ2n) is 9.36. The largest absolute Gasteiger partial charge is 0.396 e. The van der Waals surface area contributed by atoms with E-state index in [0.717, 1.165) is 18.3 Å². The molecule has 1 spiro atoms. The van der Waals surface area contributed by atoms with Gasteiger partial charge in [-0.2, -0.15) is 0 Å². The van der Waals surface area contributed by atoms with Gasteiger partial charge in [0.2, 0.25) is 0 Å². The minimum Gasteiger partial charge on any atom is -0.396 e. The molecule has 2 bridgehead atoms. The van der Waals surface area contributed by atoms with Crippen molar-refractivity contribution in [2.75, 3.05) is 13.2 Å². The summed E-state index contributed by atoms with van der Waals surface area (Å²) in [7, 11) is 0. The van der Waals surface area contributed by atoms with Gasteiger partial charge in [-0.1, -0.05) is 25.5 Å². The SMILES string of the molecule is C=C1C[C@@]23CC[C@H]4C(CO)(CO)CCC[C@]4(C)[C@H]2CC[C@H]1C3. The molecular formula is C20H32O2. The summed E-state index contributed by atoms with van der Waals surface area (Å²) in [5.41, 5.74) is 2.13. The third kappa shape index (κ3) is 1.74. The molecule has 0 aromatic heterocycles. The first-order valence-corrected chi connectivity index (χ1v) is 9.39. The van der Waals surface area contributed by atoms with Gasteiger partial charge in [0, 0.05) is 5.41 Å². The first kappa shape index (κ1) is 15.2. The van der Waals surface area contributed by atoms with Crippen molar-refractivity contribution in [3.63, 3.8) is 0 Å². The zero-order valence-electron chi connectivity index (χ0n) is 14.1. The maximum Gasteiger partial charge on any atom is 0.0512 e. The van der Waals surface area contributed by atoms with E-state index < -0.39 is 0 Å². The van der Waals surface area contributed by atoms with Gasteiger partial charge in [-0.25, -0.2) is 0 Å². The van der Waals surface area contributed by atoms with Gasteiger partial charge >= 0.3 is 0 Å². The van der Waals surface area contributed by atoms with Gasteiger partial charge < -0.3 is 10.2 Å². The molecule has 2 nitrogen and oxygen atoms in total. The molecule has 4 fully saturated rings. The highest BCUT2D eigenvalue weighted by Gasteiger charge is 2.64. The first-order valence-electron chi connectivity index (χ1n) is 9.39. The van der Waals surface area contributed by atoms with Crippen LogP contribution in [0.2, 0.25) is 0 Å². The predicted molar refractivity (Wildman–Crippen MR) is 88.3 cm³/mol. The van der Waals surface area contributed by atoms with Gasteiger partial charge in [-0.3, -0.25) is 0 Å². The molecular weight excluding hydrogens is 272 g/mol. The van der Waals surface area contributed by atoms with Crippen molar-refractivity contribution < 1.29 is 10.2 Å². The van der Waals surface area contributed by atoms with E-state index in [1.807, 2.05) is 0 Å². The van der Waals surface area contributed by atoms with Crippen molar-refractivity contribution in [2.24, 2.45) is 34.0 Å². The van der Waals surface area contributed by atoms with Crippen LogP contribution < -0.4 is 0 Å². The zero-order chi connectivity index (χ0) is 15.6. The standard InChI is InChI=1S/C20H32O2/c1-14-10-19-9-6-17-18(2,16(19)5-4-15(14)11-19)7-3-8-20(17,12-21)13-22/h15-17,21-22H,1,3-13H2,2H3/t15-,16+,17+,18+,19+/m0/s1. The average Bonchev–Trinajstić information content (AvgIpc) is 2.75. The molecule has 5 atom stereocenters. The van der Waals surface area contributed by atoms with E-state index in [1.54, 1.807) is 0 Å². The van der Waals surface area contributed by atoms with Gasteiger partial charge in [-0.15, -0.1) is 0 Å². The van der Waals surface area contributed by atoms with Crippen molar-refractivity contribution >= 4 is 0 Å². The number of aliphatic hydroxyl groups excluding tert-OH is 2. The number of allylic oxidation sites excluding steroid dienone is 1. The van der Waals surface area contributed by atoms with Gasteiger partial charge in [0.25, 0.3) is 0 Å². The summed E-state index contributed by atoms with van der Waals surface area (Å²) < 4.78 is 0. The van der Waals surface area contributed by atoms with Gasteiger partial charge in [0.05, 0.1) is 13.2 Å². The summed E-state index contributed by atoms with van der Waals surface area (Å²) in [6.45, 7) is 7.23. The van der Waals surface area contributed by atoms with Crippen molar-refractivity contribution in [3.05, 3.63) is 12.2 Å². The third-order valence-corrected chi connectivity index (χ3v) is 8.63. The molecule has 4 rings (SSSR count). The first-order chi connectivity index (χ1) is 10.5. The van der Waals surface area contributed by atoms with Gasteiger partial charge in [0.15, 0.2) is 0 Å². The minimum atomic E-state index is -0.221. The Morgan fingerprint density at radius 1 is 1.05 bits per heavy atom. The molecule has 2 heteroatoms. The number of aliphatic hydroxyl groups is 2. The molecule has 0 aliphatic heterocycles. The Morgan fingerprint density at radius 2 is 1.82 bits per heavy atom. The fraction of sp³-hybridized carbons (Fsp3) is 0.900. The lowest BCUT2D eigenvalue weighted by Gasteiger charge is -2.64. The fourth-order valence-corrected chi connectivity index (χ4v) is 7.73. The lowest BCUT2D eigenvalue weighted by molar-refractivity contribution is -0.175. The maximum absolute atomic E-state index is 10.1. The van der Waals surface area contributed by atoms with E-state index in [-0.39, 0.29) is 18.6 Å². The summed E-state index contributed by atoms with van der Waals surface area (Å²) >= 11 is 0. The van der Waals surface area contributed by atoms with Crippen LogP contribution in [0.3, 0.4) is 0 Å². The van der Waals surface area contributed by atoms with E-state index in [9.17, 15) is 10.2 Å². The molecule has 0 aromatic carbocycles. The number of rotatable bonds is 2. The van der Waals surface area contributed by atoms with Crippen LogP contribution in [0.25, 0.3) is 0 Å². The normalized spacial score (nSPS) is 49.6. The zero-order valence-corrected chi connectivity index (χ0v) is 14.1. The van der Waals surface area contributed by atoms with Gasteiger partial charge in [-0.05, 0) is 80.0 Å². The van der Waals surface area contributed by atoms with Crippen molar-refractivity contribution in [1.29, 1.82) is 0 Å². The Labute approximate surface area is 135 Å². The topological polar surface area (TPSA) is 40.5 Å². The van der Waals surface area contributed by atoms with E-state index in [1.165, 1.54) is 56.9 Å². The van der Waals surface area contributed by atoms with E-state index in [0.29, 0.717) is 16.7 Å². The fourth-order valence-electron chi connectivity index (χ4n) is 7.73. The van der Waals surface area contributed by atoms with Crippen molar-refractivity contribution in [1.82, 2.24) is 0 Å². The molecule has 0 unspecified atom stereocenters. The molecule has 0 amide bonds. The average molecular weight is 304 g/mol. The van der Waals surface area contributed by atoms with E-state index in [4.69, 9.17) is 0 Å². The molecule has 0 saturated heterocycles. The van der Waals surface area contributed by atoms with E-state index in [2.05, 4.69) is 13.5 Å². The van der Waals surface area contributed by atoms with Crippen LogP contribution in [0, 0.1) is 34.0 Å². The Kier molecular flexibility index (Phi) is 3.34. The van der Waals surface area contributed by atoms with Crippen LogP contribution in [0.5, 0.6) is 0 Å². The Morgan fingerprint density at radius 3 is 2.55 bits per heavy atom. The highest BCUT2D eigenvalue weighted by Crippen LogP contribution is 2.72. The number of fused-ring (bicyclic) bond motifs is 3. The van der Waals surface area contributed by atoms with Crippen LogP contribution in [-0.2, 0) is 0 Å². The lowest BCUT2D eigenvalue weighted by Crippen LogP contribution is -2.59. The molecule has 4 aliphatic rings. The van der Waals surface area contributed by atoms with Crippen LogP contribution in [-0.4, -0.2) is 23.4 Å². The Bertz CT molecular complexity index is 480. The lowest BCUT2D eigenvalue weighted by atomic mass is 9.41. The Balaban J connectivity index is 1.73. The van der Waals surface area contributed by atoms with Gasteiger partial charge in [0.1, 0.15) is 0 Å². The van der Waals surface area contributed by atoms with Crippen LogP contribution in [0.15, 0.2) is 12.2 Å². The van der Waals surface area contributed by atoms with Crippen molar-refractivity contribution in [2.45, 2.75) is 64.7 Å². The molecule has 2 N–H and O–H groups in total. The van der Waals surface area contributed by atoms with Crippen LogP contribution in [0.4, 0.5) is 0 Å². The maximum atomic E-state index is 10.1. The molecule has 0 heterocycles. The number of hydrogen-bond acceptors (Lipinski definition) is 2. The van der Waals surface area contributed by atoms with Crippen molar-refractivity contribution in [3.8, 4) is 0 Å². The summed E-state index contributed by atoms with van der Waals surface area (Å²) in [5.74, 6) is 2.08. The quantitative estimate of drug-likeness (QED) is 0.759. The molecule has 4 aliphatic carbocycles. The van der Waals surface area contributed by atoms with E-state index >= 15 is 0 Å². The summed E-state index contributed by atoms with van der Waals surface area (Å²) in [4.78, 5) is 0. The third-order valence-electron chi connectivity index (χ3n) is 8.63. The highest BCUT2D eigenvalue weighted by molar-refractivity contribution is 5.22. The molecule has 4 saturated carbocycles. The second-order valence-corrected chi connectivity index (χ2v) is 9.36. The van der Waals surface area contributed by atoms with Crippen LogP contribution >= 0.6 is 0 Å². The second kappa shape index (κ2) is 4.83. The minimum absolute atomic E-state index is 0.165. The molecule has 0 radical (unpaired) electrons. The smallest absolute Gasteiger partial charge is 0.0512 e. The number of hydrogen-bond donors (Lipinski definition) is 2. The summed E-state index contributed by atoms with van der Waals surface area (Å²) in [6.07, 6.45) is 11.3. The monoisotopic (exact) mass is 304 g/mol. The summed E-state index contributed by atoms with van der Waals surface area (Å²) in [5, 5.41) is 20.2. The predicted octanol–water partition coefficient (Wildman–Crippen LogP) is 3.92. The molecule has 22 heavy (non-hydrogen) atoms. The highest BCUT2D eigenvalue weighted by atomic mass is 16.3.